The van der Waals surface area contributed by atoms with Crippen molar-refractivity contribution in [2.24, 2.45) is 5.73 Å². The van der Waals surface area contributed by atoms with Crippen molar-refractivity contribution in [2.75, 3.05) is 6.54 Å². The highest BCUT2D eigenvalue weighted by molar-refractivity contribution is 5.94. The molecule has 0 aromatic heterocycles. The zero-order chi connectivity index (χ0) is 8.15. The fourth-order valence-electron chi connectivity index (χ4n) is 0.357. The molecule has 5 nitrogen and oxygen atoms in total. The van der Waals surface area contributed by atoms with Gasteiger partial charge in [0.05, 0.1) is 5.57 Å². The molecule has 0 atom stereocenters. The van der Waals surface area contributed by atoms with Crippen LogP contribution in [0.2, 0.25) is 0 Å². The molecular weight excluding hydrogens is 138 g/mol. The fourth-order valence-corrected chi connectivity index (χ4v) is 0.357. The summed E-state index contributed by atoms with van der Waals surface area (Å²) in [6, 6.07) is 0. The van der Waals surface area contributed by atoms with Gasteiger partial charge in [0.2, 0.25) is 0 Å². The lowest BCUT2D eigenvalue weighted by Crippen LogP contribution is -2.13. The summed E-state index contributed by atoms with van der Waals surface area (Å²) in [6.45, 7) is -0.276. The molecular formula is C5H7NO4. The minimum Gasteiger partial charge on any atom is -0.478 e. The van der Waals surface area contributed by atoms with Crippen molar-refractivity contribution in [3.63, 3.8) is 0 Å². The highest BCUT2D eigenvalue weighted by atomic mass is 16.4. The van der Waals surface area contributed by atoms with Gasteiger partial charge < -0.3 is 15.9 Å². The average Bonchev–Trinajstić information content (AvgIpc) is 1.81. The molecule has 0 aliphatic rings. The smallest absolute Gasteiger partial charge is 0.333 e. The van der Waals surface area contributed by atoms with E-state index >= 15 is 0 Å². The van der Waals surface area contributed by atoms with E-state index in [1.165, 1.54) is 0 Å². The highest BCUT2D eigenvalue weighted by Crippen LogP contribution is 1.89. The molecule has 0 aromatic carbocycles. The molecule has 0 aliphatic heterocycles. The number of hydrogen-bond acceptors (Lipinski definition) is 3. The number of carboxylic acid groups (broad SMARTS) is 2. The lowest BCUT2D eigenvalue weighted by Gasteiger charge is -1.92. The van der Waals surface area contributed by atoms with Crippen molar-refractivity contribution >= 4 is 11.9 Å². The zero-order valence-corrected chi connectivity index (χ0v) is 5.07. The Morgan fingerprint density at radius 2 is 1.90 bits per heavy atom. The van der Waals surface area contributed by atoms with E-state index in [0.29, 0.717) is 6.08 Å². The summed E-state index contributed by atoms with van der Waals surface area (Å²) in [5.74, 6) is -2.60. The van der Waals surface area contributed by atoms with E-state index in [9.17, 15) is 9.59 Å². The summed E-state index contributed by atoms with van der Waals surface area (Å²) in [5.41, 5.74) is 4.60. The maximum absolute atomic E-state index is 10.1. The SMILES string of the molecule is NCC(=CC(=O)O)C(=O)O. The Morgan fingerprint density at radius 3 is 2.00 bits per heavy atom. The molecule has 0 fully saturated rings. The standard InChI is InChI=1S/C5H7NO4/c6-2-3(5(9)10)1-4(7)8/h1H,2,6H2,(H,7,8)(H,9,10). The van der Waals surface area contributed by atoms with E-state index in [2.05, 4.69) is 0 Å². The first kappa shape index (κ1) is 8.64. The van der Waals surface area contributed by atoms with E-state index in [4.69, 9.17) is 15.9 Å². The minimum absolute atomic E-state index is 0.276. The summed E-state index contributed by atoms with van der Waals surface area (Å²) >= 11 is 0. The Hall–Kier alpha value is -1.36. The summed E-state index contributed by atoms with van der Waals surface area (Å²) in [4.78, 5) is 19.9. The maximum Gasteiger partial charge on any atom is 0.333 e. The van der Waals surface area contributed by atoms with Gasteiger partial charge in [0.15, 0.2) is 0 Å². The van der Waals surface area contributed by atoms with Gasteiger partial charge in [0, 0.05) is 12.6 Å². The van der Waals surface area contributed by atoms with Gasteiger partial charge in [-0.1, -0.05) is 0 Å². The minimum atomic E-state index is -1.30. The summed E-state index contributed by atoms with van der Waals surface area (Å²) < 4.78 is 0. The molecule has 0 aromatic rings. The molecule has 0 aliphatic carbocycles. The third kappa shape index (κ3) is 2.83. The normalized spacial score (nSPS) is 11.1. The molecule has 0 saturated carbocycles. The third-order valence-corrected chi connectivity index (χ3v) is 0.792. The molecule has 5 heteroatoms. The van der Waals surface area contributed by atoms with Crippen molar-refractivity contribution in [2.45, 2.75) is 0 Å². The van der Waals surface area contributed by atoms with E-state index in [1.54, 1.807) is 0 Å². The van der Waals surface area contributed by atoms with E-state index in [-0.39, 0.29) is 12.1 Å². The lowest BCUT2D eigenvalue weighted by molar-refractivity contribution is -0.135. The molecule has 0 saturated heterocycles. The molecule has 4 N–H and O–H groups in total. The zero-order valence-electron chi connectivity index (χ0n) is 5.07. The lowest BCUT2D eigenvalue weighted by atomic mass is 10.2. The van der Waals surface area contributed by atoms with Crippen LogP contribution in [-0.2, 0) is 9.59 Å². The van der Waals surface area contributed by atoms with Crippen molar-refractivity contribution in [3.8, 4) is 0 Å². The Labute approximate surface area is 56.8 Å². The van der Waals surface area contributed by atoms with Crippen LogP contribution in [0.4, 0.5) is 0 Å². The Bertz CT molecular complexity index is 184. The molecule has 0 spiro atoms. The van der Waals surface area contributed by atoms with Gasteiger partial charge in [-0.15, -0.1) is 0 Å². The Balaban J connectivity index is 4.34. The molecule has 0 unspecified atom stereocenters. The number of rotatable bonds is 3. The third-order valence-electron chi connectivity index (χ3n) is 0.792. The topological polar surface area (TPSA) is 101 Å². The van der Waals surface area contributed by atoms with Gasteiger partial charge in [-0.3, -0.25) is 0 Å². The van der Waals surface area contributed by atoms with Gasteiger partial charge in [-0.25, -0.2) is 9.59 Å². The summed E-state index contributed by atoms with van der Waals surface area (Å²) in [6.07, 6.45) is 0.572. The molecule has 56 valence electrons. The van der Waals surface area contributed by atoms with Gasteiger partial charge in [0.1, 0.15) is 0 Å². The van der Waals surface area contributed by atoms with Gasteiger partial charge in [-0.05, 0) is 0 Å². The number of carboxylic acids is 2. The van der Waals surface area contributed by atoms with Crippen LogP contribution in [0.5, 0.6) is 0 Å². The van der Waals surface area contributed by atoms with Crippen LogP contribution < -0.4 is 5.73 Å². The average molecular weight is 145 g/mol. The van der Waals surface area contributed by atoms with Gasteiger partial charge in [-0.2, -0.15) is 0 Å². The maximum atomic E-state index is 10.1. The first-order chi connectivity index (χ1) is 4.57. The van der Waals surface area contributed by atoms with Crippen LogP contribution in [0.3, 0.4) is 0 Å². The van der Waals surface area contributed by atoms with E-state index in [1.807, 2.05) is 0 Å². The molecule has 0 amide bonds. The fraction of sp³-hybridized carbons (Fsp3) is 0.200. The van der Waals surface area contributed by atoms with Gasteiger partial charge >= 0.3 is 11.9 Å². The summed E-state index contributed by atoms with van der Waals surface area (Å²) in [5, 5.41) is 16.3. The Morgan fingerprint density at radius 1 is 1.40 bits per heavy atom. The first-order valence-electron chi connectivity index (χ1n) is 2.44. The number of carbonyl (C=O) groups is 2. The van der Waals surface area contributed by atoms with E-state index in [0.717, 1.165) is 0 Å². The summed E-state index contributed by atoms with van der Waals surface area (Å²) in [7, 11) is 0. The monoisotopic (exact) mass is 145 g/mol. The highest BCUT2D eigenvalue weighted by Gasteiger charge is 2.05. The quantitative estimate of drug-likeness (QED) is 0.444. The molecule has 10 heavy (non-hydrogen) atoms. The number of nitrogens with two attached hydrogens (primary N) is 1. The van der Waals surface area contributed by atoms with Crippen LogP contribution >= 0.6 is 0 Å². The van der Waals surface area contributed by atoms with Crippen LogP contribution in [-0.4, -0.2) is 28.7 Å². The molecule has 0 heterocycles. The molecule has 0 radical (unpaired) electrons. The number of hydrogen-bond donors (Lipinski definition) is 3. The Kier molecular flexibility index (Phi) is 3.13. The second-order valence-electron chi connectivity index (χ2n) is 1.52. The predicted molar refractivity (Wildman–Crippen MR) is 32.4 cm³/mol. The second kappa shape index (κ2) is 3.62. The van der Waals surface area contributed by atoms with Gasteiger partial charge in [0.25, 0.3) is 0 Å². The van der Waals surface area contributed by atoms with Crippen LogP contribution in [0.15, 0.2) is 11.6 Å². The van der Waals surface area contributed by atoms with Crippen molar-refractivity contribution < 1.29 is 19.8 Å². The van der Waals surface area contributed by atoms with Crippen LogP contribution in [0.25, 0.3) is 0 Å². The largest absolute Gasteiger partial charge is 0.478 e. The van der Waals surface area contributed by atoms with E-state index < -0.39 is 11.9 Å². The molecule has 0 rings (SSSR count). The first-order valence-corrected chi connectivity index (χ1v) is 2.44. The van der Waals surface area contributed by atoms with Crippen molar-refractivity contribution in [1.82, 2.24) is 0 Å². The second-order valence-corrected chi connectivity index (χ2v) is 1.52. The van der Waals surface area contributed by atoms with Crippen LogP contribution in [0, 0.1) is 0 Å². The van der Waals surface area contributed by atoms with Crippen molar-refractivity contribution in [3.05, 3.63) is 11.6 Å². The predicted octanol–water partition coefficient (Wildman–Crippen LogP) is -0.959. The number of aliphatic carboxylic acids is 2. The molecule has 0 bridgehead atoms. The van der Waals surface area contributed by atoms with Crippen LogP contribution in [0.1, 0.15) is 0 Å². The van der Waals surface area contributed by atoms with Crippen molar-refractivity contribution in [1.29, 1.82) is 0 Å².